The first-order chi connectivity index (χ1) is 9.60. The van der Waals surface area contributed by atoms with E-state index in [1.807, 2.05) is 38.1 Å². The SMILES string of the molecule is CC(C)Oc1cncc(C(NN)c2cccc(I)c2)c1. The van der Waals surface area contributed by atoms with E-state index in [1.165, 1.54) is 3.57 Å². The fourth-order valence-electron chi connectivity index (χ4n) is 2.00. The highest BCUT2D eigenvalue weighted by Crippen LogP contribution is 2.25. The molecule has 1 aromatic carbocycles. The number of aromatic nitrogens is 1. The fraction of sp³-hybridized carbons (Fsp3) is 0.267. The number of rotatable bonds is 5. The van der Waals surface area contributed by atoms with Crippen LogP contribution < -0.4 is 16.0 Å². The molecule has 2 aromatic rings. The van der Waals surface area contributed by atoms with E-state index in [0.717, 1.165) is 16.9 Å². The third-order valence-electron chi connectivity index (χ3n) is 2.79. The molecule has 106 valence electrons. The van der Waals surface area contributed by atoms with Gasteiger partial charge in [-0.2, -0.15) is 0 Å². The van der Waals surface area contributed by atoms with Crippen LogP contribution >= 0.6 is 22.6 Å². The molecule has 0 fully saturated rings. The molecule has 1 unspecified atom stereocenters. The number of hydrogen-bond donors (Lipinski definition) is 2. The summed E-state index contributed by atoms with van der Waals surface area (Å²) in [5, 5.41) is 0. The van der Waals surface area contributed by atoms with Crippen LogP contribution in [0.5, 0.6) is 5.75 Å². The molecule has 1 aromatic heterocycles. The van der Waals surface area contributed by atoms with E-state index in [4.69, 9.17) is 10.6 Å². The third kappa shape index (κ3) is 3.91. The van der Waals surface area contributed by atoms with Crippen LogP contribution in [-0.4, -0.2) is 11.1 Å². The number of ether oxygens (including phenoxy) is 1. The Morgan fingerprint density at radius 1 is 1.20 bits per heavy atom. The van der Waals surface area contributed by atoms with Crippen LogP contribution in [0.25, 0.3) is 0 Å². The van der Waals surface area contributed by atoms with Gasteiger partial charge in [-0.3, -0.25) is 10.8 Å². The molecule has 2 rings (SSSR count). The summed E-state index contributed by atoms with van der Waals surface area (Å²) in [4.78, 5) is 4.23. The van der Waals surface area contributed by atoms with Gasteiger partial charge in [-0.05, 0) is 65.8 Å². The van der Waals surface area contributed by atoms with Crippen molar-refractivity contribution in [3.05, 3.63) is 57.4 Å². The molecule has 1 atom stereocenters. The summed E-state index contributed by atoms with van der Waals surface area (Å²) in [6.07, 6.45) is 3.64. The summed E-state index contributed by atoms with van der Waals surface area (Å²) < 4.78 is 6.85. The van der Waals surface area contributed by atoms with Crippen LogP contribution in [0.1, 0.15) is 31.0 Å². The molecule has 0 aliphatic rings. The Kier molecular flexibility index (Phi) is 5.33. The van der Waals surface area contributed by atoms with E-state index >= 15 is 0 Å². The fourth-order valence-corrected chi connectivity index (χ4v) is 2.57. The predicted octanol–water partition coefficient (Wildman–Crippen LogP) is 3.03. The lowest BCUT2D eigenvalue weighted by atomic mass is 10.0. The molecule has 0 radical (unpaired) electrons. The molecule has 20 heavy (non-hydrogen) atoms. The lowest BCUT2D eigenvalue weighted by Gasteiger charge is -2.18. The number of nitrogens with zero attached hydrogens (tertiary/aromatic N) is 1. The molecule has 5 heteroatoms. The summed E-state index contributed by atoms with van der Waals surface area (Å²) in [7, 11) is 0. The predicted molar refractivity (Wildman–Crippen MR) is 88.3 cm³/mol. The van der Waals surface area contributed by atoms with Crippen molar-refractivity contribution in [2.75, 3.05) is 0 Å². The average Bonchev–Trinajstić information content (AvgIpc) is 2.39. The van der Waals surface area contributed by atoms with Gasteiger partial charge in [0.2, 0.25) is 0 Å². The van der Waals surface area contributed by atoms with Gasteiger partial charge in [0.05, 0.1) is 18.3 Å². The Balaban J connectivity index is 2.32. The van der Waals surface area contributed by atoms with Crippen LogP contribution in [0.2, 0.25) is 0 Å². The van der Waals surface area contributed by atoms with E-state index in [2.05, 4.69) is 39.1 Å². The van der Waals surface area contributed by atoms with Gasteiger partial charge in [0.1, 0.15) is 5.75 Å². The molecule has 0 saturated carbocycles. The van der Waals surface area contributed by atoms with E-state index in [0.29, 0.717) is 0 Å². The van der Waals surface area contributed by atoms with Crippen molar-refractivity contribution < 1.29 is 4.74 Å². The Morgan fingerprint density at radius 3 is 2.65 bits per heavy atom. The third-order valence-corrected chi connectivity index (χ3v) is 3.46. The zero-order chi connectivity index (χ0) is 14.5. The van der Waals surface area contributed by atoms with Crippen molar-refractivity contribution in [3.63, 3.8) is 0 Å². The van der Waals surface area contributed by atoms with Gasteiger partial charge in [-0.15, -0.1) is 0 Å². The lowest BCUT2D eigenvalue weighted by Crippen LogP contribution is -2.29. The van der Waals surface area contributed by atoms with Gasteiger partial charge in [0.25, 0.3) is 0 Å². The van der Waals surface area contributed by atoms with Crippen molar-refractivity contribution in [1.29, 1.82) is 0 Å². The van der Waals surface area contributed by atoms with Crippen molar-refractivity contribution in [2.24, 2.45) is 5.84 Å². The number of hydrazine groups is 1. The maximum absolute atomic E-state index is 5.72. The van der Waals surface area contributed by atoms with Gasteiger partial charge in [-0.1, -0.05) is 12.1 Å². The zero-order valence-electron chi connectivity index (χ0n) is 11.5. The number of nitrogens with one attached hydrogen (secondary N) is 1. The monoisotopic (exact) mass is 383 g/mol. The molecule has 4 nitrogen and oxygen atoms in total. The summed E-state index contributed by atoms with van der Waals surface area (Å²) >= 11 is 2.29. The smallest absolute Gasteiger partial charge is 0.138 e. The van der Waals surface area contributed by atoms with Crippen LogP contribution in [0, 0.1) is 3.57 Å². The maximum Gasteiger partial charge on any atom is 0.138 e. The minimum atomic E-state index is -0.104. The molecular weight excluding hydrogens is 365 g/mol. The molecule has 0 bridgehead atoms. The van der Waals surface area contributed by atoms with Crippen LogP contribution in [0.15, 0.2) is 42.7 Å². The number of hydrogen-bond acceptors (Lipinski definition) is 4. The highest BCUT2D eigenvalue weighted by Gasteiger charge is 2.14. The van der Waals surface area contributed by atoms with E-state index < -0.39 is 0 Å². The molecule has 0 spiro atoms. The average molecular weight is 383 g/mol. The van der Waals surface area contributed by atoms with E-state index in [9.17, 15) is 0 Å². The number of nitrogens with two attached hydrogens (primary N) is 1. The van der Waals surface area contributed by atoms with Gasteiger partial charge >= 0.3 is 0 Å². The quantitative estimate of drug-likeness (QED) is 0.474. The van der Waals surface area contributed by atoms with Crippen molar-refractivity contribution in [2.45, 2.75) is 26.0 Å². The Bertz CT molecular complexity index is 575. The maximum atomic E-state index is 5.72. The highest BCUT2D eigenvalue weighted by molar-refractivity contribution is 14.1. The van der Waals surface area contributed by atoms with E-state index in [-0.39, 0.29) is 12.1 Å². The van der Waals surface area contributed by atoms with Gasteiger partial charge in [0.15, 0.2) is 0 Å². The van der Waals surface area contributed by atoms with Crippen LogP contribution in [0.3, 0.4) is 0 Å². The van der Waals surface area contributed by atoms with Crippen LogP contribution in [0.4, 0.5) is 0 Å². The molecule has 0 saturated heterocycles. The molecule has 0 amide bonds. The minimum absolute atomic E-state index is 0.104. The highest BCUT2D eigenvalue weighted by atomic mass is 127. The summed E-state index contributed by atoms with van der Waals surface area (Å²) in [6, 6.07) is 10.1. The summed E-state index contributed by atoms with van der Waals surface area (Å²) in [6.45, 7) is 3.98. The first-order valence-electron chi connectivity index (χ1n) is 6.43. The van der Waals surface area contributed by atoms with Crippen LogP contribution in [-0.2, 0) is 0 Å². The first-order valence-corrected chi connectivity index (χ1v) is 7.51. The number of benzene rings is 1. The lowest BCUT2D eigenvalue weighted by molar-refractivity contribution is 0.241. The molecular formula is C15H18IN3O. The Hall–Kier alpha value is -1.18. The Morgan fingerprint density at radius 2 is 2.00 bits per heavy atom. The first kappa shape index (κ1) is 15.2. The standard InChI is InChI=1S/C15H18IN3O/c1-10(2)20-14-7-12(8-18-9-14)15(19-17)11-4-3-5-13(16)6-11/h3-10,15,19H,17H2,1-2H3. The molecule has 1 heterocycles. The second kappa shape index (κ2) is 7.01. The van der Waals surface area contributed by atoms with Crippen molar-refractivity contribution in [3.8, 4) is 5.75 Å². The summed E-state index contributed by atoms with van der Waals surface area (Å²) in [5.74, 6) is 6.47. The molecule has 0 aliphatic heterocycles. The topological polar surface area (TPSA) is 60.2 Å². The number of pyridine rings is 1. The molecule has 0 aliphatic carbocycles. The van der Waals surface area contributed by atoms with Crippen molar-refractivity contribution >= 4 is 22.6 Å². The second-order valence-corrected chi connectivity index (χ2v) is 6.02. The Labute approximate surface area is 132 Å². The van der Waals surface area contributed by atoms with Gasteiger partial charge in [0, 0.05) is 9.77 Å². The van der Waals surface area contributed by atoms with Gasteiger partial charge in [-0.25, -0.2) is 5.43 Å². The second-order valence-electron chi connectivity index (χ2n) is 4.78. The normalized spacial score (nSPS) is 12.4. The number of halogens is 1. The largest absolute Gasteiger partial charge is 0.489 e. The zero-order valence-corrected chi connectivity index (χ0v) is 13.7. The van der Waals surface area contributed by atoms with E-state index in [1.54, 1.807) is 12.4 Å². The summed E-state index contributed by atoms with van der Waals surface area (Å²) in [5.41, 5.74) is 4.92. The minimum Gasteiger partial charge on any atom is -0.489 e. The van der Waals surface area contributed by atoms with Crippen molar-refractivity contribution in [1.82, 2.24) is 10.4 Å². The van der Waals surface area contributed by atoms with Gasteiger partial charge < -0.3 is 4.74 Å². The molecule has 3 N–H and O–H groups in total.